The summed E-state index contributed by atoms with van der Waals surface area (Å²) in [4.78, 5) is 22.6. The first-order valence-corrected chi connectivity index (χ1v) is 5.54. The SMILES string of the molecule is COC(=O)c1ccccc1SC(F)C(=O)OC. The van der Waals surface area contributed by atoms with E-state index in [2.05, 4.69) is 9.47 Å². The lowest BCUT2D eigenvalue weighted by molar-refractivity contribution is -0.142. The number of hydrogen-bond acceptors (Lipinski definition) is 5. The molecule has 17 heavy (non-hydrogen) atoms. The first-order valence-electron chi connectivity index (χ1n) is 4.66. The molecular weight excluding hydrogens is 247 g/mol. The second-order valence-electron chi connectivity index (χ2n) is 2.94. The van der Waals surface area contributed by atoms with E-state index in [1.807, 2.05) is 0 Å². The van der Waals surface area contributed by atoms with Crippen LogP contribution in [-0.2, 0) is 14.3 Å². The van der Waals surface area contributed by atoms with Crippen molar-refractivity contribution in [3.8, 4) is 0 Å². The van der Waals surface area contributed by atoms with Crippen molar-refractivity contribution in [1.82, 2.24) is 0 Å². The Morgan fingerprint density at radius 1 is 1.24 bits per heavy atom. The molecule has 0 aliphatic rings. The van der Waals surface area contributed by atoms with Gasteiger partial charge in [0.15, 0.2) is 0 Å². The van der Waals surface area contributed by atoms with Gasteiger partial charge >= 0.3 is 11.9 Å². The van der Waals surface area contributed by atoms with Crippen molar-refractivity contribution >= 4 is 23.7 Å². The summed E-state index contributed by atoms with van der Waals surface area (Å²) in [7, 11) is 2.33. The van der Waals surface area contributed by atoms with Gasteiger partial charge in [-0.05, 0) is 12.1 Å². The van der Waals surface area contributed by atoms with E-state index in [0.717, 1.165) is 7.11 Å². The molecule has 1 aromatic carbocycles. The number of hydrogen-bond donors (Lipinski definition) is 0. The highest BCUT2D eigenvalue weighted by molar-refractivity contribution is 8.00. The summed E-state index contributed by atoms with van der Waals surface area (Å²) < 4.78 is 22.2. The quantitative estimate of drug-likeness (QED) is 0.611. The minimum absolute atomic E-state index is 0.214. The van der Waals surface area contributed by atoms with Crippen LogP contribution in [-0.4, -0.2) is 31.7 Å². The summed E-state index contributed by atoms with van der Waals surface area (Å²) in [5, 5.41) is 0. The summed E-state index contributed by atoms with van der Waals surface area (Å²) >= 11 is 0.605. The molecule has 0 aliphatic heterocycles. The van der Waals surface area contributed by atoms with E-state index in [-0.39, 0.29) is 5.56 Å². The molecule has 0 fully saturated rings. The van der Waals surface area contributed by atoms with Crippen LogP contribution >= 0.6 is 11.8 Å². The van der Waals surface area contributed by atoms with Gasteiger partial charge in [0.1, 0.15) is 0 Å². The fourth-order valence-corrected chi connectivity index (χ4v) is 1.95. The minimum Gasteiger partial charge on any atom is -0.466 e. The van der Waals surface area contributed by atoms with Gasteiger partial charge in [0, 0.05) is 4.90 Å². The van der Waals surface area contributed by atoms with Gasteiger partial charge in [-0.2, -0.15) is 0 Å². The number of methoxy groups -OCH3 is 2. The lowest BCUT2D eigenvalue weighted by Crippen LogP contribution is -2.14. The molecule has 1 aromatic rings. The summed E-state index contributed by atoms with van der Waals surface area (Å²) in [6.45, 7) is 0. The standard InChI is InChI=1S/C11H11FO4S/c1-15-10(13)7-5-3-4-6-8(7)17-9(12)11(14)16-2/h3-6,9H,1-2H3. The van der Waals surface area contributed by atoms with Crippen LogP contribution in [0.25, 0.3) is 0 Å². The molecule has 0 aliphatic carbocycles. The maximum absolute atomic E-state index is 13.4. The highest BCUT2D eigenvalue weighted by atomic mass is 32.2. The van der Waals surface area contributed by atoms with E-state index in [9.17, 15) is 14.0 Å². The van der Waals surface area contributed by atoms with Crippen LogP contribution in [0.4, 0.5) is 4.39 Å². The van der Waals surface area contributed by atoms with Crippen LogP contribution in [0.5, 0.6) is 0 Å². The third kappa shape index (κ3) is 3.45. The molecule has 1 unspecified atom stereocenters. The Hall–Kier alpha value is -1.56. The molecule has 0 N–H and O–H groups in total. The Morgan fingerprint density at radius 3 is 2.47 bits per heavy atom. The molecular formula is C11H11FO4S. The molecule has 1 atom stereocenters. The number of ether oxygens (including phenoxy) is 2. The predicted octanol–water partition coefficient (Wildman–Crippen LogP) is 2.03. The molecule has 0 heterocycles. The predicted molar refractivity (Wildman–Crippen MR) is 60.6 cm³/mol. The second-order valence-corrected chi connectivity index (χ2v) is 4.03. The molecule has 0 saturated carbocycles. The molecule has 0 amide bonds. The van der Waals surface area contributed by atoms with Crippen molar-refractivity contribution < 1.29 is 23.5 Å². The summed E-state index contributed by atoms with van der Waals surface area (Å²) in [6, 6.07) is 6.30. The van der Waals surface area contributed by atoms with Gasteiger partial charge in [-0.3, -0.25) is 0 Å². The average Bonchev–Trinajstić information content (AvgIpc) is 2.37. The van der Waals surface area contributed by atoms with E-state index in [0.29, 0.717) is 16.7 Å². The van der Waals surface area contributed by atoms with Crippen molar-refractivity contribution in [1.29, 1.82) is 0 Å². The Bertz CT molecular complexity index is 422. The number of carbonyl (C=O) groups is 2. The Kier molecular flexibility index (Phi) is 4.96. The van der Waals surface area contributed by atoms with E-state index in [4.69, 9.17) is 0 Å². The molecule has 6 heteroatoms. The van der Waals surface area contributed by atoms with Crippen molar-refractivity contribution in [2.45, 2.75) is 10.4 Å². The highest BCUT2D eigenvalue weighted by Crippen LogP contribution is 2.28. The lowest BCUT2D eigenvalue weighted by Gasteiger charge is -2.09. The molecule has 1 rings (SSSR count). The minimum atomic E-state index is -1.87. The number of thioether (sulfide) groups is 1. The fraction of sp³-hybridized carbons (Fsp3) is 0.273. The number of esters is 2. The second kappa shape index (κ2) is 6.24. The van der Waals surface area contributed by atoms with Gasteiger partial charge in [0.25, 0.3) is 0 Å². The molecule has 0 saturated heterocycles. The molecule has 92 valence electrons. The van der Waals surface area contributed by atoms with Gasteiger partial charge in [-0.15, -0.1) is 0 Å². The summed E-state index contributed by atoms with van der Waals surface area (Å²) in [6.07, 6.45) is 0. The normalized spacial score (nSPS) is 11.7. The van der Waals surface area contributed by atoms with Crippen LogP contribution in [0.3, 0.4) is 0 Å². The maximum Gasteiger partial charge on any atom is 0.351 e. The number of rotatable bonds is 4. The third-order valence-corrected chi connectivity index (χ3v) is 2.92. The fourth-order valence-electron chi connectivity index (χ4n) is 1.10. The van der Waals surface area contributed by atoms with Gasteiger partial charge in [-0.25, -0.2) is 14.0 Å². The van der Waals surface area contributed by atoms with Crippen LogP contribution in [0.1, 0.15) is 10.4 Å². The number of halogens is 1. The van der Waals surface area contributed by atoms with Gasteiger partial charge in [-0.1, -0.05) is 23.9 Å². The Morgan fingerprint density at radius 2 is 1.88 bits per heavy atom. The van der Waals surface area contributed by atoms with Crippen molar-refractivity contribution in [3.05, 3.63) is 29.8 Å². The van der Waals surface area contributed by atoms with E-state index in [1.165, 1.54) is 19.2 Å². The van der Waals surface area contributed by atoms with Gasteiger partial charge in [0.05, 0.1) is 19.8 Å². The molecule has 0 spiro atoms. The van der Waals surface area contributed by atoms with Crippen LogP contribution in [0.2, 0.25) is 0 Å². The third-order valence-electron chi connectivity index (χ3n) is 1.91. The first kappa shape index (κ1) is 13.5. The molecule has 0 aromatic heterocycles. The van der Waals surface area contributed by atoms with Gasteiger partial charge in [0.2, 0.25) is 5.50 Å². The van der Waals surface area contributed by atoms with E-state index < -0.39 is 17.4 Å². The Labute approximate surface area is 102 Å². The van der Waals surface area contributed by atoms with Crippen molar-refractivity contribution in [2.24, 2.45) is 0 Å². The maximum atomic E-state index is 13.4. The number of alkyl halides is 1. The van der Waals surface area contributed by atoms with Crippen molar-refractivity contribution in [3.63, 3.8) is 0 Å². The summed E-state index contributed by atoms with van der Waals surface area (Å²) in [5.41, 5.74) is -1.66. The monoisotopic (exact) mass is 258 g/mol. The van der Waals surface area contributed by atoms with Crippen LogP contribution < -0.4 is 0 Å². The molecule has 0 radical (unpaired) electrons. The van der Waals surface area contributed by atoms with Crippen LogP contribution in [0, 0.1) is 0 Å². The average molecular weight is 258 g/mol. The lowest BCUT2D eigenvalue weighted by atomic mass is 10.2. The topological polar surface area (TPSA) is 52.6 Å². The summed E-state index contributed by atoms with van der Waals surface area (Å²) in [5.74, 6) is -1.57. The first-order chi connectivity index (χ1) is 8.10. The zero-order valence-corrected chi connectivity index (χ0v) is 10.1. The number of benzene rings is 1. The zero-order chi connectivity index (χ0) is 12.8. The smallest absolute Gasteiger partial charge is 0.351 e. The molecule has 0 bridgehead atoms. The number of carbonyl (C=O) groups excluding carboxylic acids is 2. The van der Waals surface area contributed by atoms with Crippen molar-refractivity contribution in [2.75, 3.05) is 14.2 Å². The van der Waals surface area contributed by atoms with Crippen LogP contribution in [0.15, 0.2) is 29.2 Å². The van der Waals surface area contributed by atoms with E-state index >= 15 is 0 Å². The van der Waals surface area contributed by atoms with E-state index in [1.54, 1.807) is 12.1 Å². The zero-order valence-electron chi connectivity index (χ0n) is 9.31. The molecule has 4 nitrogen and oxygen atoms in total. The highest BCUT2D eigenvalue weighted by Gasteiger charge is 2.22. The van der Waals surface area contributed by atoms with Gasteiger partial charge < -0.3 is 9.47 Å². The Balaban J connectivity index is 2.91. The largest absolute Gasteiger partial charge is 0.466 e.